The van der Waals surface area contributed by atoms with E-state index in [-0.39, 0.29) is 6.04 Å². The zero-order valence-electron chi connectivity index (χ0n) is 16.6. The van der Waals surface area contributed by atoms with Crippen LogP contribution in [0.4, 0.5) is 23.2 Å². The lowest BCUT2D eigenvalue weighted by Gasteiger charge is -2.26. The van der Waals surface area contributed by atoms with E-state index in [0.29, 0.717) is 17.9 Å². The van der Waals surface area contributed by atoms with E-state index < -0.39 is 0 Å². The number of rotatable bonds is 7. The van der Waals surface area contributed by atoms with Gasteiger partial charge in [0.15, 0.2) is 0 Å². The van der Waals surface area contributed by atoms with Crippen molar-refractivity contribution in [1.29, 1.82) is 0 Å². The van der Waals surface area contributed by atoms with E-state index in [1.54, 1.807) is 17.5 Å². The third kappa shape index (κ3) is 3.91. The molecule has 1 aliphatic rings. The maximum atomic E-state index is 5.83. The van der Waals surface area contributed by atoms with Gasteiger partial charge in [0.2, 0.25) is 0 Å². The lowest BCUT2D eigenvalue weighted by Crippen LogP contribution is -2.51. The van der Waals surface area contributed by atoms with Crippen LogP contribution in [0.3, 0.4) is 0 Å². The van der Waals surface area contributed by atoms with Crippen LogP contribution in [0, 0.1) is 0 Å². The highest BCUT2D eigenvalue weighted by Gasteiger charge is 2.20. The lowest BCUT2D eigenvalue weighted by molar-refractivity contribution is 0.454. The summed E-state index contributed by atoms with van der Waals surface area (Å²) in [6.45, 7) is 5.96. The quantitative estimate of drug-likeness (QED) is 0.354. The molecule has 0 saturated carbocycles. The van der Waals surface area contributed by atoms with Gasteiger partial charge >= 0.3 is 6.01 Å². The van der Waals surface area contributed by atoms with E-state index in [1.807, 2.05) is 23.7 Å². The van der Waals surface area contributed by atoms with Crippen molar-refractivity contribution in [3.05, 3.63) is 36.0 Å². The van der Waals surface area contributed by atoms with Crippen LogP contribution in [0.2, 0.25) is 0 Å². The molecule has 0 spiro atoms. The van der Waals surface area contributed by atoms with E-state index in [0.717, 1.165) is 46.1 Å². The molecular weight excluding hydrogens is 400 g/mol. The van der Waals surface area contributed by atoms with Crippen molar-refractivity contribution in [2.24, 2.45) is 0 Å². The minimum atomic E-state index is 0.231. The second-order valence-corrected chi connectivity index (χ2v) is 8.37. The van der Waals surface area contributed by atoms with E-state index in [2.05, 4.69) is 61.3 Å². The first-order chi connectivity index (χ1) is 14.6. The summed E-state index contributed by atoms with van der Waals surface area (Å²) in [6.07, 6.45) is 1.75. The zero-order valence-corrected chi connectivity index (χ0v) is 17.5. The van der Waals surface area contributed by atoms with E-state index in [4.69, 9.17) is 4.42 Å². The van der Waals surface area contributed by atoms with Crippen molar-refractivity contribution in [3.8, 4) is 11.5 Å². The predicted molar refractivity (Wildman–Crippen MR) is 119 cm³/mol. The highest BCUT2D eigenvalue weighted by Crippen LogP contribution is 2.31. The van der Waals surface area contributed by atoms with Crippen LogP contribution in [-0.2, 0) is 0 Å². The second kappa shape index (κ2) is 7.88. The molecule has 4 aromatic rings. The topological polar surface area (TPSA) is 113 Å². The number of fused-ring (bicyclic) bond motifs is 1. The van der Waals surface area contributed by atoms with Gasteiger partial charge in [-0.3, -0.25) is 0 Å². The fourth-order valence-electron chi connectivity index (χ4n) is 3.16. The largest absolute Gasteiger partial charge is 0.403 e. The van der Waals surface area contributed by atoms with Crippen LogP contribution in [0.1, 0.15) is 13.8 Å². The molecule has 5 rings (SSSR count). The maximum Gasteiger partial charge on any atom is 0.316 e. The molecule has 9 nitrogen and oxygen atoms in total. The van der Waals surface area contributed by atoms with Gasteiger partial charge in [0.25, 0.3) is 5.89 Å². The third-order valence-electron chi connectivity index (χ3n) is 4.72. The fraction of sp³-hybridized carbons (Fsp3) is 0.300. The molecular formula is C20H22N8OS. The van der Waals surface area contributed by atoms with Crippen molar-refractivity contribution in [2.75, 3.05) is 29.0 Å². The van der Waals surface area contributed by atoms with E-state index >= 15 is 0 Å². The maximum absolute atomic E-state index is 5.83. The third-order valence-corrected chi connectivity index (χ3v) is 5.51. The number of anilines is 4. The molecule has 3 aromatic heterocycles. The number of aromatic nitrogens is 4. The Balaban J connectivity index is 1.41. The number of nitrogens with one attached hydrogen (secondary N) is 4. The SMILES string of the molecule is CC(C)Nc1cc(Nc2ccc3ncsc3c2)ncc1-c1nnc(NC2CNC2)o1. The average molecular weight is 423 g/mol. The van der Waals surface area contributed by atoms with E-state index in [1.165, 1.54) is 0 Å². The van der Waals surface area contributed by atoms with Gasteiger partial charge < -0.3 is 25.7 Å². The van der Waals surface area contributed by atoms with E-state index in [9.17, 15) is 0 Å². The lowest BCUT2D eigenvalue weighted by atomic mass is 10.2. The summed E-state index contributed by atoms with van der Waals surface area (Å²) in [5, 5.41) is 21.6. The van der Waals surface area contributed by atoms with Gasteiger partial charge in [-0.2, -0.15) is 0 Å². The van der Waals surface area contributed by atoms with Crippen LogP contribution in [0.15, 0.2) is 40.4 Å². The van der Waals surface area contributed by atoms with Crippen molar-refractivity contribution in [2.45, 2.75) is 25.9 Å². The first-order valence-corrected chi connectivity index (χ1v) is 10.7. The molecule has 1 fully saturated rings. The molecule has 154 valence electrons. The summed E-state index contributed by atoms with van der Waals surface area (Å²) >= 11 is 1.61. The van der Waals surface area contributed by atoms with Crippen LogP contribution < -0.4 is 21.3 Å². The van der Waals surface area contributed by atoms with Crippen molar-refractivity contribution >= 4 is 44.8 Å². The Morgan fingerprint density at radius 3 is 2.87 bits per heavy atom. The Kier molecular flexibility index (Phi) is 4.93. The normalized spacial score (nSPS) is 14.1. The van der Waals surface area contributed by atoms with Crippen molar-refractivity contribution in [1.82, 2.24) is 25.5 Å². The molecule has 10 heteroatoms. The number of nitrogens with zero attached hydrogens (tertiary/aromatic N) is 4. The molecule has 0 amide bonds. The smallest absolute Gasteiger partial charge is 0.316 e. The fourth-order valence-corrected chi connectivity index (χ4v) is 3.88. The first kappa shape index (κ1) is 18.8. The second-order valence-electron chi connectivity index (χ2n) is 7.49. The monoisotopic (exact) mass is 422 g/mol. The minimum absolute atomic E-state index is 0.231. The summed E-state index contributed by atoms with van der Waals surface area (Å²) < 4.78 is 6.96. The number of pyridine rings is 1. The Labute approximate surface area is 177 Å². The standard InChI is InChI=1S/C20H22N8OS/c1-11(2)24-16-6-18(25-12-3-4-15-17(5-12)30-10-23-15)22-9-14(16)19-27-28-20(29-19)26-13-7-21-8-13/h3-6,9-11,13,21H,7-8H2,1-2H3,(H,26,28)(H2,22,24,25). The Hall–Kier alpha value is -3.24. The van der Waals surface area contributed by atoms with Crippen molar-refractivity contribution < 1.29 is 4.42 Å². The molecule has 0 atom stereocenters. The van der Waals surface area contributed by atoms with Gasteiger partial charge in [0.1, 0.15) is 5.82 Å². The van der Waals surface area contributed by atoms with Crippen LogP contribution in [0.25, 0.3) is 21.7 Å². The van der Waals surface area contributed by atoms with Crippen LogP contribution >= 0.6 is 11.3 Å². The average Bonchev–Trinajstić information content (AvgIpc) is 3.33. The number of thiazole rings is 1. The van der Waals surface area contributed by atoms with Gasteiger partial charge in [-0.15, -0.1) is 16.4 Å². The molecule has 0 unspecified atom stereocenters. The Morgan fingerprint density at radius 2 is 2.07 bits per heavy atom. The molecule has 1 aromatic carbocycles. The Morgan fingerprint density at radius 1 is 1.17 bits per heavy atom. The van der Waals surface area contributed by atoms with Gasteiger partial charge in [-0.25, -0.2) is 9.97 Å². The van der Waals surface area contributed by atoms with Gasteiger partial charge in [0, 0.05) is 37.1 Å². The number of hydrogen-bond donors (Lipinski definition) is 4. The number of benzene rings is 1. The highest BCUT2D eigenvalue weighted by atomic mass is 32.1. The summed E-state index contributed by atoms with van der Waals surface area (Å²) in [5.41, 5.74) is 5.44. The molecule has 4 heterocycles. The molecule has 1 saturated heterocycles. The zero-order chi connectivity index (χ0) is 20.5. The first-order valence-electron chi connectivity index (χ1n) is 9.82. The van der Waals surface area contributed by atoms with Gasteiger partial charge in [-0.05, 0) is 32.0 Å². The summed E-state index contributed by atoms with van der Waals surface area (Å²) in [4.78, 5) is 8.88. The minimum Gasteiger partial charge on any atom is -0.403 e. The molecule has 4 N–H and O–H groups in total. The molecule has 0 radical (unpaired) electrons. The van der Waals surface area contributed by atoms with Crippen LogP contribution in [-0.4, -0.2) is 45.3 Å². The molecule has 1 aliphatic heterocycles. The van der Waals surface area contributed by atoms with Gasteiger partial charge in [-0.1, -0.05) is 5.10 Å². The highest BCUT2D eigenvalue weighted by molar-refractivity contribution is 7.16. The molecule has 0 aliphatic carbocycles. The van der Waals surface area contributed by atoms with Crippen LogP contribution in [0.5, 0.6) is 0 Å². The predicted octanol–water partition coefficient (Wildman–Crippen LogP) is 3.69. The summed E-state index contributed by atoms with van der Waals surface area (Å²) in [6, 6.07) is 9.01. The molecule has 0 bridgehead atoms. The Bertz CT molecular complexity index is 1170. The van der Waals surface area contributed by atoms with Gasteiger partial charge in [0.05, 0.1) is 33.0 Å². The van der Waals surface area contributed by atoms with Crippen molar-refractivity contribution in [3.63, 3.8) is 0 Å². The summed E-state index contributed by atoms with van der Waals surface area (Å²) in [5.74, 6) is 1.15. The molecule has 30 heavy (non-hydrogen) atoms. The number of hydrogen-bond acceptors (Lipinski definition) is 10. The summed E-state index contributed by atoms with van der Waals surface area (Å²) in [7, 11) is 0.